The molecule has 0 aliphatic heterocycles. The van der Waals surface area contributed by atoms with Crippen molar-refractivity contribution < 1.29 is 4.79 Å². The number of nitrogens with one attached hydrogen (secondary N) is 1. The number of amides is 1. The van der Waals surface area contributed by atoms with E-state index in [0.29, 0.717) is 16.9 Å². The lowest BCUT2D eigenvalue weighted by molar-refractivity contribution is 0.0938. The molecule has 1 aromatic rings. The maximum Gasteiger partial charge on any atom is 0.251 e. The summed E-state index contributed by atoms with van der Waals surface area (Å²) >= 11 is 0. The van der Waals surface area contributed by atoms with Gasteiger partial charge in [0.15, 0.2) is 0 Å². The Hall–Kier alpha value is -1.71. The summed E-state index contributed by atoms with van der Waals surface area (Å²) in [5.41, 5.74) is 12.9. The summed E-state index contributed by atoms with van der Waals surface area (Å²) in [5.74, 6) is -0.109. The highest BCUT2D eigenvalue weighted by Gasteiger charge is 2.10. The second-order valence-corrected chi connectivity index (χ2v) is 5.11. The second kappa shape index (κ2) is 7.67. The van der Waals surface area contributed by atoms with Crippen LogP contribution >= 0.6 is 0 Å². The summed E-state index contributed by atoms with van der Waals surface area (Å²) in [7, 11) is 0. The van der Waals surface area contributed by atoms with Crippen LogP contribution in [0.3, 0.4) is 0 Å². The van der Waals surface area contributed by atoms with Gasteiger partial charge in [-0.15, -0.1) is 0 Å². The lowest BCUT2D eigenvalue weighted by atomic mass is 10.1. The van der Waals surface area contributed by atoms with Crippen molar-refractivity contribution in [2.45, 2.75) is 52.0 Å². The Bertz CT molecular complexity index is 398. The van der Waals surface area contributed by atoms with Crippen molar-refractivity contribution in [3.8, 4) is 0 Å². The van der Waals surface area contributed by atoms with Gasteiger partial charge in [-0.05, 0) is 31.5 Å². The van der Waals surface area contributed by atoms with Gasteiger partial charge in [0.1, 0.15) is 0 Å². The number of carbonyl (C=O) groups is 1. The third-order valence-electron chi connectivity index (χ3n) is 3.11. The molecule has 0 aromatic heterocycles. The molecule has 19 heavy (non-hydrogen) atoms. The van der Waals surface area contributed by atoms with Crippen LogP contribution in [-0.4, -0.2) is 11.9 Å². The molecule has 0 fully saturated rings. The number of rotatable bonds is 7. The molecule has 1 aromatic carbocycles. The van der Waals surface area contributed by atoms with Crippen LogP contribution < -0.4 is 16.8 Å². The predicted molar refractivity (Wildman–Crippen MR) is 81.0 cm³/mol. The highest BCUT2D eigenvalue weighted by Crippen LogP contribution is 2.14. The van der Waals surface area contributed by atoms with Crippen LogP contribution in [-0.2, 0) is 0 Å². The van der Waals surface area contributed by atoms with Crippen molar-refractivity contribution in [1.29, 1.82) is 0 Å². The van der Waals surface area contributed by atoms with Gasteiger partial charge < -0.3 is 16.8 Å². The molecule has 0 aliphatic carbocycles. The number of anilines is 2. The van der Waals surface area contributed by atoms with E-state index in [0.717, 1.165) is 12.8 Å². The first-order chi connectivity index (χ1) is 9.02. The molecule has 0 spiro atoms. The number of hydrogen-bond donors (Lipinski definition) is 3. The Balaban J connectivity index is 2.45. The van der Waals surface area contributed by atoms with E-state index in [9.17, 15) is 4.79 Å². The Morgan fingerprint density at radius 1 is 1.16 bits per heavy atom. The standard InChI is InChI=1S/C15H25N3O/c1-3-4-5-6-7-11(2)18-15(19)12-8-13(16)10-14(17)9-12/h8-11H,3-7,16-17H2,1-2H3,(H,18,19). The highest BCUT2D eigenvalue weighted by atomic mass is 16.1. The van der Waals surface area contributed by atoms with Gasteiger partial charge in [0, 0.05) is 23.0 Å². The molecule has 1 atom stereocenters. The van der Waals surface area contributed by atoms with Crippen LogP contribution in [0.25, 0.3) is 0 Å². The Kier molecular flexibility index (Phi) is 6.19. The normalized spacial score (nSPS) is 12.1. The Labute approximate surface area is 115 Å². The first kappa shape index (κ1) is 15.3. The molecule has 0 radical (unpaired) electrons. The van der Waals surface area contributed by atoms with Crippen molar-refractivity contribution in [3.05, 3.63) is 23.8 Å². The second-order valence-electron chi connectivity index (χ2n) is 5.11. The van der Waals surface area contributed by atoms with E-state index in [1.54, 1.807) is 18.2 Å². The van der Waals surface area contributed by atoms with Crippen LogP contribution in [0.1, 0.15) is 56.3 Å². The molecule has 1 rings (SSSR count). The quantitative estimate of drug-likeness (QED) is 0.522. The summed E-state index contributed by atoms with van der Waals surface area (Å²) in [6, 6.07) is 5.11. The zero-order chi connectivity index (χ0) is 14.3. The smallest absolute Gasteiger partial charge is 0.251 e. The van der Waals surface area contributed by atoms with E-state index >= 15 is 0 Å². The molecular formula is C15H25N3O. The average molecular weight is 263 g/mol. The first-order valence-electron chi connectivity index (χ1n) is 6.99. The Morgan fingerprint density at radius 3 is 2.37 bits per heavy atom. The maximum absolute atomic E-state index is 12.0. The van der Waals surface area contributed by atoms with E-state index in [1.807, 2.05) is 6.92 Å². The predicted octanol–water partition coefficient (Wildman–Crippen LogP) is 2.94. The summed E-state index contributed by atoms with van der Waals surface area (Å²) in [4.78, 5) is 12.0. The molecule has 0 saturated heterocycles. The molecule has 1 amide bonds. The third-order valence-corrected chi connectivity index (χ3v) is 3.11. The van der Waals surface area contributed by atoms with Gasteiger partial charge in [-0.2, -0.15) is 0 Å². The number of nitrogen functional groups attached to an aromatic ring is 2. The number of hydrogen-bond acceptors (Lipinski definition) is 3. The third kappa shape index (κ3) is 5.64. The van der Waals surface area contributed by atoms with Crippen LogP contribution in [0.15, 0.2) is 18.2 Å². The fourth-order valence-corrected chi connectivity index (χ4v) is 2.06. The molecule has 4 heteroatoms. The monoisotopic (exact) mass is 263 g/mol. The maximum atomic E-state index is 12.0. The van der Waals surface area contributed by atoms with Gasteiger partial charge in [-0.25, -0.2) is 0 Å². The SMILES string of the molecule is CCCCCCC(C)NC(=O)c1cc(N)cc(N)c1. The molecule has 0 aliphatic rings. The summed E-state index contributed by atoms with van der Waals surface area (Å²) in [6.07, 6.45) is 5.86. The largest absolute Gasteiger partial charge is 0.399 e. The first-order valence-corrected chi connectivity index (χ1v) is 6.99. The summed E-state index contributed by atoms with van der Waals surface area (Å²) in [6.45, 7) is 4.22. The van der Waals surface area contributed by atoms with Gasteiger partial charge in [0.2, 0.25) is 0 Å². The number of carbonyl (C=O) groups excluding carboxylic acids is 1. The topological polar surface area (TPSA) is 81.1 Å². The molecule has 0 saturated carbocycles. The van der Waals surface area contributed by atoms with Crippen LogP contribution in [0.4, 0.5) is 11.4 Å². The van der Waals surface area contributed by atoms with Gasteiger partial charge >= 0.3 is 0 Å². The average Bonchev–Trinajstić information content (AvgIpc) is 2.33. The fraction of sp³-hybridized carbons (Fsp3) is 0.533. The molecule has 106 valence electrons. The summed E-state index contributed by atoms with van der Waals surface area (Å²) in [5, 5.41) is 2.98. The van der Waals surface area contributed by atoms with Crippen molar-refractivity contribution >= 4 is 17.3 Å². The lowest BCUT2D eigenvalue weighted by Gasteiger charge is -2.14. The van der Waals surface area contributed by atoms with Crippen LogP contribution in [0.2, 0.25) is 0 Å². The Morgan fingerprint density at radius 2 is 1.79 bits per heavy atom. The van der Waals surface area contributed by atoms with Gasteiger partial charge in [0.25, 0.3) is 5.91 Å². The van der Waals surface area contributed by atoms with Crippen LogP contribution in [0, 0.1) is 0 Å². The van der Waals surface area contributed by atoms with E-state index in [-0.39, 0.29) is 11.9 Å². The molecule has 0 heterocycles. The van der Waals surface area contributed by atoms with Gasteiger partial charge in [-0.3, -0.25) is 4.79 Å². The fourth-order valence-electron chi connectivity index (χ4n) is 2.06. The van der Waals surface area contributed by atoms with E-state index in [4.69, 9.17) is 11.5 Å². The zero-order valence-electron chi connectivity index (χ0n) is 11.9. The number of unbranched alkanes of at least 4 members (excludes halogenated alkanes) is 3. The van der Waals surface area contributed by atoms with E-state index in [2.05, 4.69) is 12.2 Å². The molecular weight excluding hydrogens is 238 g/mol. The van der Waals surface area contributed by atoms with Crippen LogP contribution in [0.5, 0.6) is 0 Å². The number of benzene rings is 1. The van der Waals surface area contributed by atoms with Crippen molar-refractivity contribution in [2.75, 3.05) is 11.5 Å². The zero-order valence-corrected chi connectivity index (χ0v) is 11.9. The van der Waals surface area contributed by atoms with E-state index < -0.39 is 0 Å². The summed E-state index contributed by atoms with van der Waals surface area (Å²) < 4.78 is 0. The van der Waals surface area contributed by atoms with Gasteiger partial charge in [0.05, 0.1) is 0 Å². The minimum Gasteiger partial charge on any atom is -0.399 e. The lowest BCUT2D eigenvalue weighted by Crippen LogP contribution is -2.32. The van der Waals surface area contributed by atoms with Crippen molar-refractivity contribution in [2.24, 2.45) is 0 Å². The minimum atomic E-state index is -0.109. The minimum absolute atomic E-state index is 0.109. The molecule has 5 N–H and O–H groups in total. The van der Waals surface area contributed by atoms with Crippen molar-refractivity contribution in [1.82, 2.24) is 5.32 Å². The van der Waals surface area contributed by atoms with Crippen molar-refractivity contribution in [3.63, 3.8) is 0 Å². The highest BCUT2D eigenvalue weighted by molar-refractivity contribution is 5.96. The van der Waals surface area contributed by atoms with Gasteiger partial charge in [-0.1, -0.05) is 32.6 Å². The molecule has 0 bridgehead atoms. The number of nitrogens with two attached hydrogens (primary N) is 2. The van der Waals surface area contributed by atoms with E-state index in [1.165, 1.54) is 19.3 Å². The molecule has 4 nitrogen and oxygen atoms in total. The molecule has 1 unspecified atom stereocenters.